The zero-order valence-corrected chi connectivity index (χ0v) is 10.4. The highest BCUT2D eigenvalue weighted by molar-refractivity contribution is 5.81. The third-order valence-corrected chi connectivity index (χ3v) is 2.95. The van der Waals surface area contributed by atoms with E-state index in [1.165, 1.54) is 6.42 Å². The Bertz CT molecular complexity index is 209. The van der Waals surface area contributed by atoms with Crippen LogP contribution in [0.3, 0.4) is 0 Å². The summed E-state index contributed by atoms with van der Waals surface area (Å²) in [5, 5.41) is 6.21. The Morgan fingerprint density at radius 1 is 1.56 bits per heavy atom. The number of amides is 1. The van der Waals surface area contributed by atoms with E-state index in [9.17, 15) is 4.79 Å². The number of ether oxygens (including phenoxy) is 1. The lowest BCUT2D eigenvalue weighted by Gasteiger charge is -2.27. The van der Waals surface area contributed by atoms with Gasteiger partial charge in [0.15, 0.2) is 0 Å². The second kappa shape index (κ2) is 7.63. The third-order valence-electron chi connectivity index (χ3n) is 2.95. The Morgan fingerprint density at radius 3 is 3.06 bits per heavy atom. The van der Waals surface area contributed by atoms with E-state index >= 15 is 0 Å². The molecule has 1 aliphatic rings. The van der Waals surface area contributed by atoms with Crippen molar-refractivity contribution in [3.63, 3.8) is 0 Å². The van der Waals surface area contributed by atoms with Gasteiger partial charge in [-0.15, -0.1) is 0 Å². The first-order chi connectivity index (χ1) is 7.74. The molecule has 16 heavy (non-hydrogen) atoms. The molecule has 1 saturated heterocycles. The summed E-state index contributed by atoms with van der Waals surface area (Å²) < 4.78 is 5.21. The Morgan fingerprint density at radius 2 is 2.38 bits per heavy atom. The molecule has 94 valence electrons. The molecule has 0 radical (unpaired) electrons. The summed E-state index contributed by atoms with van der Waals surface area (Å²) in [6.45, 7) is 7.33. The molecule has 0 aliphatic carbocycles. The molecule has 4 nitrogen and oxygen atoms in total. The summed E-state index contributed by atoms with van der Waals surface area (Å²) in [6.07, 6.45) is 3.02. The van der Waals surface area contributed by atoms with Crippen LogP contribution in [0, 0.1) is 5.92 Å². The van der Waals surface area contributed by atoms with Crippen molar-refractivity contribution < 1.29 is 9.53 Å². The van der Waals surface area contributed by atoms with E-state index in [0.29, 0.717) is 12.5 Å². The van der Waals surface area contributed by atoms with Gasteiger partial charge in [-0.3, -0.25) is 4.79 Å². The van der Waals surface area contributed by atoms with E-state index in [2.05, 4.69) is 17.6 Å². The van der Waals surface area contributed by atoms with Crippen LogP contribution in [-0.2, 0) is 9.53 Å². The zero-order chi connectivity index (χ0) is 11.8. The topological polar surface area (TPSA) is 50.4 Å². The van der Waals surface area contributed by atoms with Crippen LogP contribution in [0.4, 0.5) is 0 Å². The maximum atomic E-state index is 11.8. The molecule has 0 bridgehead atoms. The minimum atomic E-state index is 0.0100. The van der Waals surface area contributed by atoms with Crippen LogP contribution in [0.15, 0.2) is 0 Å². The lowest BCUT2D eigenvalue weighted by molar-refractivity contribution is -0.124. The van der Waals surface area contributed by atoms with Gasteiger partial charge in [-0.1, -0.05) is 6.92 Å². The number of rotatable bonds is 6. The van der Waals surface area contributed by atoms with Crippen molar-refractivity contribution in [1.82, 2.24) is 10.6 Å². The van der Waals surface area contributed by atoms with Gasteiger partial charge in [0.05, 0.1) is 6.04 Å². The molecule has 1 fully saturated rings. The SMILES string of the molecule is CCOCCCNC(=O)C1CC(C)CCN1. The van der Waals surface area contributed by atoms with Gasteiger partial charge in [0.2, 0.25) is 5.91 Å². The molecule has 0 aromatic rings. The van der Waals surface area contributed by atoms with Crippen molar-refractivity contribution >= 4 is 5.91 Å². The van der Waals surface area contributed by atoms with E-state index in [4.69, 9.17) is 4.74 Å². The van der Waals surface area contributed by atoms with Crippen molar-refractivity contribution in [1.29, 1.82) is 0 Å². The second-order valence-corrected chi connectivity index (χ2v) is 4.48. The van der Waals surface area contributed by atoms with E-state index in [-0.39, 0.29) is 11.9 Å². The van der Waals surface area contributed by atoms with Crippen molar-refractivity contribution in [3.05, 3.63) is 0 Å². The first-order valence-corrected chi connectivity index (χ1v) is 6.33. The largest absolute Gasteiger partial charge is 0.382 e. The van der Waals surface area contributed by atoms with Crippen LogP contribution >= 0.6 is 0 Å². The predicted octanol–water partition coefficient (Wildman–Crippen LogP) is 0.917. The molecule has 4 heteroatoms. The molecule has 1 aliphatic heterocycles. The highest BCUT2D eigenvalue weighted by atomic mass is 16.5. The molecule has 2 N–H and O–H groups in total. The van der Waals surface area contributed by atoms with Crippen molar-refractivity contribution in [2.75, 3.05) is 26.3 Å². The molecule has 0 spiro atoms. The Hall–Kier alpha value is -0.610. The van der Waals surface area contributed by atoms with Gasteiger partial charge >= 0.3 is 0 Å². The lowest BCUT2D eigenvalue weighted by atomic mass is 9.94. The van der Waals surface area contributed by atoms with Crippen LogP contribution in [0.25, 0.3) is 0 Å². The molecule has 1 rings (SSSR count). The number of hydrogen-bond donors (Lipinski definition) is 2. The van der Waals surface area contributed by atoms with Gasteiger partial charge in [-0.05, 0) is 38.6 Å². The van der Waals surface area contributed by atoms with Crippen LogP contribution in [-0.4, -0.2) is 38.3 Å². The molecule has 0 aromatic heterocycles. The monoisotopic (exact) mass is 228 g/mol. The predicted molar refractivity (Wildman–Crippen MR) is 64.3 cm³/mol. The molecule has 2 unspecified atom stereocenters. The first-order valence-electron chi connectivity index (χ1n) is 6.33. The fourth-order valence-corrected chi connectivity index (χ4v) is 1.96. The van der Waals surface area contributed by atoms with Gasteiger partial charge in [0, 0.05) is 19.8 Å². The van der Waals surface area contributed by atoms with Crippen LogP contribution in [0.2, 0.25) is 0 Å². The zero-order valence-electron chi connectivity index (χ0n) is 10.4. The summed E-state index contributed by atoms with van der Waals surface area (Å²) in [5.74, 6) is 0.795. The fraction of sp³-hybridized carbons (Fsp3) is 0.917. The molecule has 2 atom stereocenters. The Balaban J connectivity index is 2.09. The van der Waals surface area contributed by atoms with Crippen molar-refractivity contribution in [2.24, 2.45) is 5.92 Å². The first kappa shape index (κ1) is 13.5. The van der Waals surface area contributed by atoms with E-state index < -0.39 is 0 Å². The number of piperidine rings is 1. The Labute approximate surface area is 98.1 Å². The molecular weight excluding hydrogens is 204 g/mol. The van der Waals surface area contributed by atoms with Gasteiger partial charge in [0.1, 0.15) is 0 Å². The number of nitrogens with one attached hydrogen (secondary N) is 2. The normalized spacial score (nSPS) is 25.4. The molecule has 1 heterocycles. The van der Waals surface area contributed by atoms with E-state index in [1.807, 2.05) is 6.92 Å². The number of carbonyl (C=O) groups excluding carboxylic acids is 1. The summed E-state index contributed by atoms with van der Waals surface area (Å²) in [5.41, 5.74) is 0. The maximum Gasteiger partial charge on any atom is 0.237 e. The van der Waals surface area contributed by atoms with Crippen molar-refractivity contribution in [2.45, 2.75) is 39.2 Å². The standard InChI is InChI=1S/C12H24N2O2/c1-3-16-8-4-6-14-12(15)11-9-10(2)5-7-13-11/h10-11,13H,3-9H2,1-2H3,(H,14,15). The quantitative estimate of drug-likeness (QED) is 0.665. The lowest BCUT2D eigenvalue weighted by Crippen LogP contribution is -2.48. The molecule has 0 aromatic carbocycles. The smallest absolute Gasteiger partial charge is 0.237 e. The number of hydrogen-bond acceptors (Lipinski definition) is 3. The molecule has 0 saturated carbocycles. The summed E-state index contributed by atoms with van der Waals surface area (Å²) in [6, 6.07) is 0.0100. The van der Waals surface area contributed by atoms with Gasteiger partial charge in [-0.2, -0.15) is 0 Å². The minimum Gasteiger partial charge on any atom is -0.382 e. The Kier molecular flexibility index (Phi) is 6.42. The average Bonchev–Trinajstić information content (AvgIpc) is 2.28. The minimum absolute atomic E-state index is 0.0100. The van der Waals surface area contributed by atoms with Gasteiger partial charge < -0.3 is 15.4 Å². The third kappa shape index (κ3) is 4.94. The van der Waals surface area contributed by atoms with Gasteiger partial charge in [-0.25, -0.2) is 0 Å². The van der Waals surface area contributed by atoms with Gasteiger partial charge in [0.25, 0.3) is 0 Å². The van der Waals surface area contributed by atoms with E-state index in [0.717, 1.165) is 32.6 Å². The van der Waals surface area contributed by atoms with E-state index in [1.54, 1.807) is 0 Å². The fourth-order valence-electron chi connectivity index (χ4n) is 1.96. The van der Waals surface area contributed by atoms with Crippen molar-refractivity contribution in [3.8, 4) is 0 Å². The summed E-state index contributed by atoms with van der Waals surface area (Å²) in [4.78, 5) is 11.8. The molecular formula is C12H24N2O2. The number of carbonyl (C=O) groups is 1. The van der Waals surface area contributed by atoms with Crippen LogP contribution in [0.1, 0.15) is 33.1 Å². The highest BCUT2D eigenvalue weighted by Crippen LogP contribution is 2.14. The average molecular weight is 228 g/mol. The second-order valence-electron chi connectivity index (χ2n) is 4.48. The van der Waals surface area contributed by atoms with Crippen LogP contribution < -0.4 is 10.6 Å². The van der Waals surface area contributed by atoms with Crippen LogP contribution in [0.5, 0.6) is 0 Å². The molecule has 1 amide bonds. The summed E-state index contributed by atoms with van der Waals surface area (Å²) in [7, 11) is 0. The highest BCUT2D eigenvalue weighted by Gasteiger charge is 2.23. The maximum absolute atomic E-state index is 11.8. The summed E-state index contributed by atoms with van der Waals surface area (Å²) >= 11 is 0.